The molecule has 2 heterocycles. The number of anilines is 1. The van der Waals surface area contributed by atoms with Gasteiger partial charge in [0.1, 0.15) is 4.88 Å². The Labute approximate surface area is 113 Å². The molecule has 0 fully saturated rings. The average molecular weight is 276 g/mol. The second-order valence-electron chi connectivity index (χ2n) is 3.84. The predicted molar refractivity (Wildman–Crippen MR) is 72.5 cm³/mol. The highest BCUT2D eigenvalue weighted by Crippen LogP contribution is 2.22. The third-order valence-electron chi connectivity index (χ3n) is 2.47. The van der Waals surface area contributed by atoms with Crippen molar-refractivity contribution >= 4 is 28.9 Å². The van der Waals surface area contributed by atoms with Gasteiger partial charge in [-0.25, -0.2) is 4.79 Å². The molecule has 6 heteroatoms. The molecule has 0 radical (unpaired) electrons. The number of nitrogens with one attached hydrogen (secondary N) is 1. The Morgan fingerprint density at radius 2 is 2.16 bits per heavy atom. The van der Waals surface area contributed by atoms with Crippen molar-refractivity contribution in [3.63, 3.8) is 0 Å². The van der Waals surface area contributed by atoms with Gasteiger partial charge in [0.2, 0.25) is 5.91 Å². The van der Waals surface area contributed by atoms with Crippen LogP contribution < -0.4 is 5.32 Å². The smallest absolute Gasteiger partial charge is 0.348 e. The molecule has 2 aromatic heterocycles. The molecule has 0 aromatic carbocycles. The van der Waals surface area contributed by atoms with Crippen LogP contribution in [0, 0.1) is 0 Å². The minimum Gasteiger partial charge on any atom is -0.477 e. The van der Waals surface area contributed by atoms with Gasteiger partial charge in [0.05, 0.1) is 5.69 Å². The van der Waals surface area contributed by atoms with E-state index in [4.69, 9.17) is 5.11 Å². The first-order chi connectivity index (χ1) is 9.16. The maximum Gasteiger partial charge on any atom is 0.348 e. The number of pyridine rings is 1. The van der Waals surface area contributed by atoms with Gasteiger partial charge in [-0.2, -0.15) is 0 Å². The van der Waals surface area contributed by atoms with Crippen LogP contribution in [0.25, 0.3) is 0 Å². The summed E-state index contributed by atoms with van der Waals surface area (Å²) in [6.45, 7) is 0. The van der Waals surface area contributed by atoms with Gasteiger partial charge < -0.3 is 10.4 Å². The van der Waals surface area contributed by atoms with Gasteiger partial charge in [-0.3, -0.25) is 9.78 Å². The molecule has 98 valence electrons. The van der Waals surface area contributed by atoms with Gasteiger partial charge in [-0.05, 0) is 30.0 Å². The third-order valence-corrected chi connectivity index (χ3v) is 3.37. The molecule has 19 heavy (non-hydrogen) atoms. The highest BCUT2D eigenvalue weighted by atomic mass is 32.1. The van der Waals surface area contributed by atoms with E-state index in [1.165, 1.54) is 0 Å². The quantitative estimate of drug-likeness (QED) is 0.879. The van der Waals surface area contributed by atoms with Crippen molar-refractivity contribution in [2.45, 2.75) is 12.8 Å². The van der Waals surface area contributed by atoms with E-state index in [1.807, 2.05) is 18.2 Å². The molecular weight excluding hydrogens is 264 g/mol. The summed E-state index contributed by atoms with van der Waals surface area (Å²) in [6.07, 6.45) is 2.47. The minimum absolute atomic E-state index is 0.145. The number of amides is 1. The number of nitrogens with zero attached hydrogens (tertiary/aromatic N) is 1. The lowest BCUT2D eigenvalue weighted by molar-refractivity contribution is -0.116. The fourth-order valence-electron chi connectivity index (χ4n) is 1.57. The van der Waals surface area contributed by atoms with Crippen LogP contribution >= 0.6 is 11.3 Å². The van der Waals surface area contributed by atoms with Crippen LogP contribution in [0.5, 0.6) is 0 Å². The molecule has 0 bridgehead atoms. The fourth-order valence-corrected chi connectivity index (χ4v) is 2.26. The van der Waals surface area contributed by atoms with Crippen molar-refractivity contribution in [3.05, 3.63) is 46.4 Å². The Morgan fingerprint density at radius 1 is 1.32 bits per heavy atom. The monoisotopic (exact) mass is 276 g/mol. The summed E-state index contributed by atoms with van der Waals surface area (Å²) in [6, 6.07) is 7.11. The Kier molecular flexibility index (Phi) is 4.25. The van der Waals surface area contributed by atoms with Crippen LogP contribution in [-0.4, -0.2) is 22.0 Å². The first kappa shape index (κ1) is 13.2. The summed E-state index contributed by atoms with van der Waals surface area (Å²) in [5, 5.41) is 13.2. The standard InChI is InChI=1S/C13H12N2O3S/c16-11(5-4-9-3-1-2-7-14-9)15-10-6-8-19-12(10)13(17)18/h1-3,6-8H,4-5H2,(H,15,16)(H,17,18). The van der Waals surface area contributed by atoms with Crippen LogP contribution in [-0.2, 0) is 11.2 Å². The lowest BCUT2D eigenvalue weighted by Crippen LogP contribution is -2.14. The molecule has 0 aliphatic rings. The normalized spacial score (nSPS) is 10.1. The number of aromatic carboxylic acids is 1. The Balaban J connectivity index is 1.91. The van der Waals surface area contributed by atoms with Gasteiger partial charge in [0, 0.05) is 18.3 Å². The lowest BCUT2D eigenvalue weighted by Gasteiger charge is -2.04. The van der Waals surface area contributed by atoms with Crippen molar-refractivity contribution in [2.75, 3.05) is 5.32 Å². The van der Waals surface area contributed by atoms with Gasteiger partial charge in [0.25, 0.3) is 0 Å². The second kappa shape index (κ2) is 6.10. The van der Waals surface area contributed by atoms with Crippen molar-refractivity contribution in [1.82, 2.24) is 4.98 Å². The summed E-state index contributed by atoms with van der Waals surface area (Å²) >= 11 is 1.09. The Hall–Kier alpha value is -2.21. The largest absolute Gasteiger partial charge is 0.477 e. The number of carbonyl (C=O) groups is 2. The summed E-state index contributed by atoms with van der Waals surface area (Å²) in [5.41, 5.74) is 1.19. The van der Waals surface area contributed by atoms with Gasteiger partial charge in [-0.15, -0.1) is 11.3 Å². The molecule has 2 aromatic rings. The number of carboxylic acids is 1. The lowest BCUT2D eigenvalue weighted by atomic mass is 10.2. The molecule has 2 N–H and O–H groups in total. The zero-order valence-corrected chi connectivity index (χ0v) is 10.8. The van der Waals surface area contributed by atoms with E-state index in [9.17, 15) is 9.59 Å². The van der Waals surface area contributed by atoms with Gasteiger partial charge in [-0.1, -0.05) is 6.07 Å². The molecule has 0 atom stereocenters. The van der Waals surface area contributed by atoms with Crippen molar-refractivity contribution < 1.29 is 14.7 Å². The number of thiophene rings is 1. The minimum atomic E-state index is -1.03. The molecule has 2 rings (SSSR count). The van der Waals surface area contributed by atoms with E-state index in [2.05, 4.69) is 10.3 Å². The van der Waals surface area contributed by atoms with E-state index < -0.39 is 5.97 Å². The van der Waals surface area contributed by atoms with Crippen LogP contribution in [0.15, 0.2) is 35.8 Å². The van der Waals surface area contributed by atoms with Crippen LogP contribution in [0.4, 0.5) is 5.69 Å². The zero-order valence-electron chi connectivity index (χ0n) is 10.00. The third kappa shape index (κ3) is 3.62. The Morgan fingerprint density at radius 3 is 2.84 bits per heavy atom. The highest BCUT2D eigenvalue weighted by molar-refractivity contribution is 7.12. The molecule has 0 aliphatic carbocycles. The van der Waals surface area contributed by atoms with E-state index in [1.54, 1.807) is 17.6 Å². The second-order valence-corrected chi connectivity index (χ2v) is 4.75. The van der Waals surface area contributed by atoms with Gasteiger partial charge in [0.15, 0.2) is 0 Å². The first-order valence-corrected chi connectivity index (χ1v) is 6.55. The van der Waals surface area contributed by atoms with Crippen LogP contribution in [0.3, 0.4) is 0 Å². The molecule has 5 nitrogen and oxygen atoms in total. The van der Waals surface area contributed by atoms with E-state index in [0.29, 0.717) is 12.1 Å². The van der Waals surface area contributed by atoms with Crippen molar-refractivity contribution in [2.24, 2.45) is 0 Å². The van der Waals surface area contributed by atoms with Crippen LogP contribution in [0.1, 0.15) is 21.8 Å². The van der Waals surface area contributed by atoms with Crippen molar-refractivity contribution in [3.8, 4) is 0 Å². The molecular formula is C13H12N2O3S. The Bertz CT molecular complexity index is 581. The number of hydrogen-bond donors (Lipinski definition) is 2. The summed E-state index contributed by atoms with van der Waals surface area (Å²) in [4.78, 5) is 26.9. The number of carboxylic acid groups (broad SMARTS) is 1. The number of aryl methyl sites for hydroxylation is 1. The number of carbonyl (C=O) groups excluding carboxylic acids is 1. The maximum absolute atomic E-state index is 11.7. The SMILES string of the molecule is O=C(CCc1ccccn1)Nc1ccsc1C(=O)O. The zero-order chi connectivity index (χ0) is 13.7. The average Bonchev–Trinajstić information content (AvgIpc) is 2.86. The molecule has 0 aliphatic heterocycles. The van der Waals surface area contributed by atoms with Crippen LogP contribution in [0.2, 0.25) is 0 Å². The number of aromatic nitrogens is 1. The maximum atomic E-state index is 11.7. The van der Waals surface area contributed by atoms with E-state index in [0.717, 1.165) is 17.0 Å². The number of rotatable bonds is 5. The molecule has 0 spiro atoms. The summed E-state index contributed by atoms with van der Waals surface area (Å²) in [7, 11) is 0. The summed E-state index contributed by atoms with van der Waals surface area (Å²) in [5.74, 6) is -1.25. The van der Waals surface area contributed by atoms with Gasteiger partial charge >= 0.3 is 5.97 Å². The van der Waals surface area contributed by atoms with E-state index >= 15 is 0 Å². The molecule has 1 amide bonds. The molecule has 0 saturated heterocycles. The predicted octanol–water partition coefficient (Wildman–Crippen LogP) is 2.41. The first-order valence-electron chi connectivity index (χ1n) is 5.67. The van der Waals surface area contributed by atoms with Crippen molar-refractivity contribution in [1.29, 1.82) is 0 Å². The van der Waals surface area contributed by atoms with E-state index in [-0.39, 0.29) is 17.2 Å². The fraction of sp³-hybridized carbons (Fsp3) is 0.154. The molecule has 0 saturated carbocycles. The number of hydrogen-bond acceptors (Lipinski definition) is 4. The summed E-state index contributed by atoms with van der Waals surface area (Å²) < 4.78 is 0. The highest BCUT2D eigenvalue weighted by Gasteiger charge is 2.13. The molecule has 0 unspecified atom stereocenters. The topological polar surface area (TPSA) is 79.3 Å².